The highest BCUT2D eigenvalue weighted by atomic mass is 35.5. The Morgan fingerprint density at radius 1 is 1.19 bits per heavy atom. The maximum Gasteiger partial charge on any atom is 0.344 e. The lowest BCUT2D eigenvalue weighted by atomic mass is 9.90. The fourth-order valence-corrected chi connectivity index (χ4v) is 5.39. The number of aliphatic hydroxyl groups is 1. The number of carbonyl (C=O) groups is 2. The highest BCUT2D eigenvalue weighted by Crippen LogP contribution is 2.42. The number of allylic oxidation sites excluding steroid dienone is 1. The van der Waals surface area contributed by atoms with Crippen LogP contribution in [0.15, 0.2) is 28.8 Å². The minimum Gasteiger partial charge on any atom is -0.477 e. The Bertz CT molecular complexity index is 993. The van der Waals surface area contributed by atoms with Gasteiger partial charge in [0.1, 0.15) is 4.91 Å². The number of aryl methyl sites for hydroxylation is 1. The number of halogens is 1. The predicted octanol–water partition coefficient (Wildman–Crippen LogP) is 5.25. The molecule has 0 radical (unpaired) electrons. The van der Waals surface area contributed by atoms with Gasteiger partial charge < -0.3 is 15.1 Å². The molecular weight excluding hydrogens is 446 g/mol. The van der Waals surface area contributed by atoms with Gasteiger partial charge in [0.05, 0.1) is 11.4 Å². The first-order chi connectivity index (χ1) is 15.0. The molecule has 7 heteroatoms. The third-order valence-corrected chi connectivity index (χ3v) is 7.11. The lowest BCUT2D eigenvalue weighted by Gasteiger charge is -2.37. The van der Waals surface area contributed by atoms with Gasteiger partial charge >= 0.3 is 5.97 Å². The van der Waals surface area contributed by atoms with Crippen LogP contribution in [-0.4, -0.2) is 44.4 Å². The van der Waals surface area contributed by atoms with Crippen molar-refractivity contribution < 1.29 is 19.8 Å². The summed E-state index contributed by atoms with van der Waals surface area (Å²) >= 11 is 7.31. The van der Waals surface area contributed by atoms with Crippen LogP contribution < -0.4 is 0 Å². The average molecular weight is 476 g/mol. The number of nitrogens with zero attached hydrogens (tertiary/aromatic N) is 1. The second-order valence-corrected chi connectivity index (χ2v) is 11.2. The number of carboxylic acid groups (broad SMARTS) is 1. The summed E-state index contributed by atoms with van der Waals surface area (Å²) in [5, 5.41) is 20.3. The van der Waals surface area contributed by atoms with Gasteiger partial charge in [-0.2, -0.15) is 0 Å². The lowest BCUT2D eigenvalue weighted by Crippen LogP contribution is -2.43. The third-order valence-electron chi connectivity index (χ3n) is 5.66. The summed E-state index contributed by atoms with van der Waals surface area (Å²) in [5.41, 5.74) is 1.58. The van der Waals surface area contributed by atoms with E-state index in [0.717, 1.165) is 5.56 Å². The van der Waals surface area contributed by atoms with Crippen LogP contribution in [0, 0.1) is 24.2 Å². The Morgan fingerprint density at radius 2 is 1.84 bits per heavy atom. The Hall–Kier alpha value is -1.94. The predicted molar refractivity (Wildman–Crippen MR) is 129 cm³/mol. The van der Waals surface area contributed by atoms with Crippen molar-refractivity contribution in [3.63, 3.8) is 0 Å². The van der Waals surface area contributed by atoms with Crippen LogP contribution in [0.1, 0.15) is 68.8 Å². The van der Waals surface area contributed by atoms with Crippen LogP contribution in [0.2, 0.25) is 5.02 Å². The quantitative estimate of drug-likeness (QED) is 0.582. The zero-order chi connectivity index (χ0) is 23.6. The second kappa shape index (κ2) is 9.91. The van der Waals surface area contributed by atoms with Gasteiger partial charge in [-0.25, -0.2) is 4.79 Å². The number of carboxylic acids is 1. The van der Waals surface area contributed by atoms with Crippen LogP contribution in [0.4, 0.5) is 0 Å². The van der Waals surface area contributed by atoms with E-state index >= 15 is 0 Å². The number of rotatable bonds is 4. The normalized spacial score (nSPS) is 23.5. The van der Waals surface area contributed by atoms with E-state index in [1.54, 1.807) is 23.1 Å². The molecular formula is C25H30ClNO4S. The summed E-state index contributed by atoms with van der Waals surface area (Å²) < 4.78 is 0. The van der Waals surface area contributed by atoms with Crippen LogP contribution in [0.3, 0.4) is 0 Å². The van der Waals surface area contributed by atoms with E-state index in [1.807, 2.05) is 27.7 Å². The SMILES string of the molecule is Cc1cc(Cl)ccc1C(=O)N(C1=C(C(=O)O)SC(C#CC(C)(C)C)C1)C1CCC(O)CC1. The van der Waals surface area contributed by atoms with Gasteiger partial charge in [0.2, 0.25) is 0 Å². The highest BCUT2D eigenvalue weighted by Gasteiger charge is 2.39. The van der Waals surface area contributed by atoms with Crippen molar-refractivity contribution in [1.29, 1.82) is 0 Å². The van der Waals surface area contributed by atoms with E-state index in [9.17, 15) is 19.8 Å². The summed E-state index contributed by atoms with van der Waals surface area (Å²) in [6, 6.07) is 4.95. The molecule has 1 amide bonds. The largest absolute Gasteiger partial charge is 0.477 e. The molecule has 0 spiro atoms. The summed E-state index contributed by atoms with van der Waals surface area (Å²) in [7, 11) is 0. The minimum absolute atomic E-state index is 0.166. The Morgan fingerprint density at radius 3 is 2.41 bits per heavy atom. The molecule has 1 heterocycles. The van der Waals surface area contributed by atoms with E-state index in [0.29, 0.717) is 48.4 Å². The molecule has 5 nitrogen and oxygen atoms in total. The van der Waals surface area contributed by atoms with Crippen molar-refractivity contribution >= 4 is 35.2 Å². The molecule has 0 bridgehead atoms. The first-order valence-corrected chi connectivity index (χ1v) is 12.2. The molecule has 1 aliphatic heterocycles. The average Bonchev–Trinajstić information content (AvgIpc) is 3.12. The molecule has 1 aliphatic carbocycles. The molecule has 172 valence electrons. The fourth-order valence-electron chi connectivity index (χ4n) is 4.10. The van der Waals surface area contributed by atoms with Gasteiger partial charge in [0, 0.05) is 34.2 Å². The molecule has 1 fully saturated rings. The van der Waals surface area contributed by atoms with Gasteiger partial charge in [0.15, 0.2) is 0 Å². The smallest absolute Gasteiger partial charge is 0.344 e. The number of aliphatic carboxylic acids is 1. The summed E-state index contributed by atoms with van der Waals surface area (Å²) in [6.07, 6.45) is 2.44. The first kappa shape index (κ1) is 24.7. The molecule has 3 rings (SSSR count). The van der Waals surface area contributed by atoms with Crippen molar-refractivity contribution in [2.24, 2.45) is 5.41 Å². The van der Waals surface area contributed by atoms with E-state index in [1.165, 1.54) is 11.8 Å². The van der Waals surface area contributed by atoms with E-state index < -0.39 is 5.97 Å². The van der Waals surface area contributed by atoms with Crippen molar-refractivity contribution in [3.8, 4) is 11.8 Å². The molecule has 32 heavy (non-hydrogen) atoms. The third kappa shape index (κ3) is 5.89. The maximum atomic E-state index is 13.8. The van der Waals surface area contributed by atoms with Gasteiger partial charge in [-0.05, 0) is 77.1 Å². The number of thioether (sulfide) groups is 1. The molecule has 1 aromatic carbocycles. The number of aliphatic hydroxyl groups excluding tert-OH is 1. The topological polar surface area (TPSA) is 77.8 Å². The molecule has 1 atom stereocenters. The maximum absolute atomic E-state index is 13.8. The van der Waals surface area contributed by atoms with Gasteiger partial charge in [0.25, 0.3) is 5.91 Å². The number of amides is 1. The number of benzene rings is 1. The van der Waals surface area contributed by atoms with Crippen molar-refractivity contribution in [2.45, 2.75) is 77.2 Å². The van der Waals surface area contributed by atoms with Gasteiger partial charge in [-0.15, -0.1) is 0 Å². The Labute approximate surface area is 199 Å². The molecule has 1 unspecified atom stereocenters. The summed E-state index contributed by atoms with van der Waals surface area (Å²) in [5.74, 6) is 5.16. The summed E-state index contributed by atoms with van der Waals surface area (Å²) in [6.45, 7) is 7.87. The molecule has 0 saturated heterocycles. The zero-order valence-electron chi connectivity index (χ0n) is 18.9. The van der Waals surface area contributed by atoms with E-state index in [4.69, 9.17) is 11.6 Å². The fraction of sp³-hybridized carbons (Fsp3) is 0.520. The standard InChI is InChI=1S/C25H30ClNO4S/c1-15-13-16(26)5-10-20(15)23(29)27(17-6-8-18(28)9-7-17)21-14-19(11-12-25(2,3)4)32-22(21)24(30)31/h5,10,13,17-19,28H,6-9,14H2,1-4H3,(H,30,31). The Kier molecular flexibility index (Phi) is 7.65. The van der Waals surface area contributed by atoms with Crippen molar-refractivity contribution in [3.05, 3.63) is 45.0 Å². The van der Waals surface area contributed by atoms with Crippen LogP contribution in [0.25, 0.3) is 0 Å². The second-order valence-electron chi connectivity index (χ2n) is 9.51. The van der Waals surface area contributed by atoms with E-state index in [-0.39, 0.29) is 33.6 Å². The van der Waals surface area contributed by atoms with Gasteiger partial charge in [-0.1, -0.05) is 35.2 Å². The van der Waals surface area contributed by atoms with Gasteiger partial charge in [-0.3, -0.25) is 4.79 Å². The molecule has 1 aromatic rings. The summed E-state index contributed by atoms with van der Waals surface area (Å²) in [4.78, 5) is 27.8. The molecule has 0 aromatic heterocycles. The number of hydrogen-bond donors (Lipinski definition) is 2. The molecule has 2 N–H and O–H groups in total. The monoisotopic (exact) mass is 475 g/mol. The highest BCUT2D eigenvalue weighted by molar-refractivity contribution is 8.05. The molecule has 1 saturated carbocycles. The first-order valence-electron chi connectivity index (χ1n) is 10.9. The minimum atomic E-state index is -1.04. The van der Waals surface area contributed by atoms with Crippen LogP contribution in [-0.2, 0) is 4.79 Å². The number of carbonyl (C=O) groups excluding carboxylic acids is 1. The Balaban J connectivity index is 2.02. The van der Waals surface area contributed by atoms with Crippen molar-refractivity contribution in [2.75, 3.05) is 0 Å². The van der Waals surface area contributed by atoms with E-state index in [2.05, 4.69) is 11.8 Å². The lowest BCUT2D eigenvalue weighted by molar-refractivity contribution is -0.131. The zero-order valence-corrected chi connectivity index (χ0v) is 20.5. The number of hydrogen-bond acceptors (Lipinski definition) is 4. The van der Waals surface area contributed by atoms with Crippen LogP contribution >= 0.6 is 23.4 Å². The van der Waals surface area contributed by atoms with Crippen molar-refractivity contribution in [1.82, 2.24) is 4.90 Å². The molecule has 2 aliphatic rings. The van der Waals surface area contributed by atoms with Crippen LogP contribution in [0.5, 0.6) is 0 Å².